The van der Waals surface area contributed by atoms with E-state index in [0.717, 1.165) is 24.2 Å². The van der Waals surface area contributed by atoms with Crippen LogP contribution in [0.15, 0.2) is 0 Å². The fourth-order valence-electron chi connectivity index (χ4n) is 3.41. The third-order valence-corrected chi connectivity index (χ3v) is 5.13. The van der Waals surface area contributed by atoms with E-state index >= 15 is 0 Å². The number of nitrogens with one attached hydrogen (secondary N) is 1. The van der Waals surface area contributed by atoms with Crippen molar-refractivity contribution in [1.82, 2.24) is 15.1 Å². The first-order valence-electron chi connectivity index (χ1n) is 8.72. The average Bonchev–Trinajstić information content (AvgIpc) is 2.85. The summed E-state index contributed by atoms with van der Waals surface area (Å²) in [6.07, 6.45) is 3.44. The highest BCUT2D eigenvalue weighted by Crippen LogP contribution is 2.38. The molecule has 1 spiro atoms. The summed E-state index contributed by atoms with van der Waals surface area (Å²) in [5.41, 5.74) is -0.928. The number of esters is 1. The van der Waals surface area contributed by atoms with E-state index in [9.17, 15) is 19.2 Å². The van der Waals surface area contributed by atoms with Gasteiger partial charge in [0, 0.05) is 13.6 Å². The molecule has 1 aliphatic heterocycles. The number of hydrogen-bond acceptors (Lipinski definition) is 6. The van der Waals surface area contributed by atoms with E-state index in [2.05, 4.69) is 5.32 Å². The molecule has 0 bridgehead atoms. The van der Waals surface area contributed by atoms with Crippen LogP contribution in [-0.2, 0) is 19.1 Å². The predicted octanol–water partition coefficient (Wildman–Crippen LogP) is 0.402. The number of carbonyl (C=O) groups is 4. The summed E-state index contributed by atoms with van der Waals surface area (Å²) in [5, 5.41) is 11.3. The number of urea groups is 1. The van der Waals surface area contributed by atoms with Gasteiger partial charge in [0.2, 0.25) is 0 Å². The van der Waals surface area contributed by atoms with Gasteiger partial charge in [0.15, 0.2) is 6.61 Å². The Morgan fingerprint density at radius 3 is 2.81 bits per heavy atom. The van der Waals surface area contributed by atoms with Crippen LogP contribution in [0.1, 0.15) is 39.0 Å². The number of amides is 4. The van der Waals surface area contributed by atoms with Crippen molar-refractivity contribution in [3.63, 3.8) is 0 Å². The van der Waals surface area contributed by atoms with Crippen molar-refractivity contribution in [2.24, 2.45) is 5.92 Å². The third-order valence-electron chi connectivity index (χ3n) is 5.13. The Labute approximate surface area is 152 Å². The van der Waals surface area contributed by atoms with Gasteiger partial charge in [-0.15, -0.1) is 0 Å². The van der Waals surface area contributed by atoms with Crippen molar-refractivity contribution >= 4 is 23.8 Å². The minimum atomic E-state index is -0.928. The van der Waals surface area contributed by atoms with E-state index in [4.69, 9.17) is 10.00 Å². The maximum Gasteiger partial charge on any atom is 0.326 e. The van der Waals surface area contributed by atoms with E-state index in [1.54, 1.807) is 0 Å². The van der Waals surface area contributed by atoms with E-state index in [1.165, 1.54) is 11.9 Å². The molecule has 2 rings (SSSR count). The molecule has 1 saturated heterocycles. The summed E-state index contributed by atoms with van der Waals surface area (Å²) in [4.78, 5) is 50.8. The number of imide groups is 1. The van der Waals surface area contributed by atoms with Gasteiger partial charge in [0.25, 0.3) is 11.8 Å². The van der Waals surface area contributed by atoms with Crippen LogP contribution in [0.5, 0.6) is 0 Å². The third kappa shape index (κ3) is 3.95. The first kappa shape index (κ1) is 19.7. The Bertz CT molecular complexity index is 644. The quantitative estimate of drug-likeness (QED) is 0.538. The number of carbonyl (C=O) groups excluding carboxylic acids is 4. The first-order valence-corrected chi connectivity index (χ1v) is 8.72. The second kappa shape index (κ2) is 8.17. The summed E-state index contributed by atoms with van der Waals surface area (Å²) in [6, 6.07) is 1.32. The number of nitriles is 1. The summed E-state index contributed by atoms with van der Waals surface area (Å²) in [6.45, 7) is 1.15. The molecule has 142 valence electrons. The smallest absolute Gasteiger partial charge is 0.326 e. The summed E-state index contributed by atoms with van der Waals surface area (Å²) in [5.74, 6) is -1.67. The predicted molar refractivity (Wildman–Crippen MR) is 89.4 cm³/mol. The van der Waals surface area contributed by atoms with Crippen LogP contribution in [-0.4, -0.2) is 65.9 Å². The SMILES string of the molecule is C[C@H]1CCCC[C@]12NC(=O)N(CC(=O)OCC(=O)N(C)CCC#N)C2=O. The van der Waals surface area contributed by atoms with Crippen LogP contribution in [0.3, 0.4) is 0 Å². The van der Waals surface area contributed by atoms with E-state index in [0.29, 0.717) is 6.42 Å². The zero-order chi connectivity index (χ0) is 19.3. The number of nitrogens with zero attached hydrogens (tertiary/aromatic N) is 3. The molecule has 1 heterocycles. The van der Waals surface area contributed by atoms with Crippen LogP contribution >= 0.6 is 0 Å². The fourth-order valence-corrected chi connectivity index (χ4v) is 3.41. The maximum atomic E-state index is 12.7. The van der Waals surface area contributed by atoms with Crippen LogP contribution in [0.2, 0.25) is 0 Å². The van der Waals surface area contributed by atoms with Crippen molar-refractivity contribution in [3.05, 3.63) is 0 Å². The topological polar surface area (TPSA) is 120 Å². The molecule has 1 aliphatic carbocycles. The fraction of sp³-hybridized carbons (Fsp3) is 0.706. The van der Waals surface area contributed by atoms with Gasteiger partial charge in [-0.3, -0.25) is 19.3 Å². The van der Waals surface area contributed by atoms with Gasteiger partial charge in [0.1, 0.15) is 12.1 Å². The summed E-state index contributed by atoms with van der Waals surface area (Å²) >= 11 is 0. The van der Waals surface area contributed by atoms with Crippen molar-refractivity contribution in [2.75, 3.05) is 26.7 Å². The van der Waals surface area contributed by atoms with E-state index < -0.39 is 42.5 Å². The summed E-state index contributed by atoms with van der Waals surface area (Å²) in [7, 11) is 1.50. The molecule has 9 nitrogen and oxygen atoms in total. The standard InChI is InChI=1S/C17H24N4O5/c1-12-6-3-4-7-17(12)15(24)21(16(25)19-17)10-14(23)26-11-13(22)20(2)9-5-8-18/h12H,3-7,9-11H2,1-2H3,(H,19,25)/t12-,17-/m0/s1. The first-order chi connectivity index (χ1) is 12.3. The van der Waals surface area contributed by atoms with Gasteiger partial charge in [-0.25, -0.2) is 4.79 Å². The molecule has 2 fully saturated rings. The monoisotopic (exact) mass is 364 g/mol. The van der Waals surface area contributed by atoms with Crippen molar-refractivity contribution < 1.29 is 23.9 Å². The van der Waals surface area contributed by atoms with Gasteiger partial charge in [0.05, 0.1) is 12.5 Å². The van der Waals surface area contributed by atoms with Crippen LogP contribution in [0.4, 0.5) is 4.79 Å². The number of ether oxygens (including phenoxy) is 1. The van der Waals surface area contributed by atoms with Crippen molar-refractivity contribution in [3.8, 4) is 6.07 Å². The number of rotatable bonds is 6. The highest BCUT2D eigenvalue weighted by Gasteiger charge is 2.55. The Balaban J connectivity index is 1.89. The molecule has 0 aromatic carbocycles. The molecule has 1 N–H and O–H groups in total. The highest BCUT2D eigenvalue weighted by molar-refractivity contribution is 6.09. The van der Waals surface area contributed by atoms with Gasteiger partial charge >= 0.3 is 12.0 Å². The van der Waals surface area contributed by atoms with Gasteiger partial charge in [-0.05, 0) is 18.8 Å². The number of likely N-dealkylation sites (N-methyl/N-ethyl adjacent to an activating group) is 1. The molecular weight excluding hydrogens is 340 g/mol. The lowest BCUT2D eigenvalue weighted by atomic mass is 9.73. The zero-order valence-electron chi connectivity index (χ0n) is 15.1. The van der Waals surface area contributed by atoms with Crippen LogP contribution in [0.25, 0.3) is 0 Å². The van der Waals surface area contributed by atoms with Crippen LogP contribution in [0, 0.1) is 17.2 Å². The molecule has 0 aromatic rings. The van der Waals surface area contributed by atoms with Crippen molar-refractivity contribution in [2.45, 2.75) is 44.6 Å². The maximum absolute atomic E-state index is 12.7. The molecule has 2 aliphatic rings. The Kier molecular flexibility index (Phi) is 6.18. The second-order valence-electron chi connectivity index (χ2n) is 6.82. The average molecular weight is 364 g/mol. The van der Waals surface area contributed by atoms with Gasteiger partial charge in [-0.1, -0.05) is 19.8 Å². The lowest BCUT2D eigenvalue weighted by Crippen LogP contribution is -2.54. The largest absolute Gasteiger partial charge is 0.454 e. The summed E-state index contributed by atoms with van der Waals surface area (Å²) < 4.78 is 4.88. The molecule has 0 unspecified atom stereocenters. The lowest BCUT2D eigenvalue weighted by molar-refractivity contribution is -0.153. The molecule has 4 amide bonds. The molecule has 2 atom stereocenters. The molecule has 9 heteroatoms. The van der Waals surface area contributed by atoms with E-state index in [1.807, 2.05) is 13.0 Å². The molecular formula is C17H24N4O5. The molecule has 1 saturated carbocycles. The second-order valence-corrected chi connectivity index (χ2v) is 6.82. The zero-order valence-corrected chi connectivity index (χ0v) is 15.1. The molecule has 0 radical (unpaired) electrons. The Morgan fingerprint density at radius 2 is 2.15 bits per heavy atom. The van der Waals surface area contributed by atoms with Gasteiger partial charge in [-0.2, -0.15) is 5.26 Å². The number of hydrogen-bond donors (Lipinski definition) is 1. The lowest BCUT2D eigenvalue weighted by Gasteiger charge is -2.36. The van der Waals surface area contributed by atoms with Crippen molar-refractivity contribution in [1.29, 1.82) is 5.26 Å². The normalized spacial score (nSPS) is 25.0. The van der Waals surface area contributed by atoms with Crippen LogP contribution < -0.4 is 5.32 Å². The molecule has 0 aromatic heterocycles. The minimum absolute atomic E-state index is 0.00378. The van der Waals surface area contributed by atoms with E-state index in [-0.39, 0.29) is 18.9 Å². The highest BCUT2D eigenvalue weighted by atomic mass is 16.5. The Hall–Kier alpha value is -2.63. The Morgan fingerprint density at radius 1 is 1.42 bits per heavy atom. The van der Waals surface area contributed by atoms with Gasteiger partial charge < -0.3 is 15.0 Å². The molecule has 26 heavy (non-hydrogen) atoms. The minimum Gasteiger partial charge on any atom is -0.454 e.